The van der Waals surface area contributed by atoms with Crippen molar-refractivity contribution in [2.75, 3.05) is 18.5 Å². The number of nitrogens with zero attached hydrogens (tertiary/aromatic N) is 1. The number of hydrogen-bond acceptors (Lipinski definition) is 7. The normalized spacial score (nSPS) is 10.7. The van der Waals surface area contributed by atoms with Crippen LogP contribution in [0.4, 0.5) is 11.4 Å². The van der Waals surface area contributed by atoms with Crippen LogP contribution in [0.3, 0.4) is 0 Å². The van der Waals surface area contributed by atoms with E-state index in [1.54, 1.807) is 42.5 Å². The van der Waals surface area contributed by atoms with Crippen molar-refractivity contribution in [3.63, 3.8) is 0 Å². The largest absolute Gasteiger partial charge is 0.494 e. The Morgan fingerprint density at radius 1 is 0.970 bits per heavy atom. The van der Waals surface area contributed by atoms with Gasteiger partial charge >= 0.3 is 0 Å². The van der Waals surface area contributed by atoms with E-state index in [1.807, 2.05) is 13.0 Å². The monoisotopic (exact) mass is 444 g/mol. The molecule has 33 heavy (non-hydrogen) atoms. The van der Waals surface area contributed by atoms with Gasteiger partial charge in [0.1, 0.15) is 11.3 Å². The zero-order valence-corrected chi connectivity index (χ0v) is 17.7. The molecule has 0 bridgehead atoms. The van der Waals surface area contributed by atoms with Gasteiger partial charge in [0.25, 0.3) is 5.69 Å². The van der Waals surface area contributed by atoms with Crippen molar-refractivity contribution in [2.24, 2.45) is 0 Å². The van der Waals surface area contributed by atoms with Crippen LogP contribution in [0.25, 0.3) is 11.0 Å². The molecule has 0 saturated carbocycles. The minimum atomic E-state index is -0.525. The average Bonchev–Trinajstić information content (AvgIpc) is 3.21. The number of nitrogens with one attached hydrogen (secondary N) is 1. The van der Waals surface area contributed by atoms with Gasteiger partial charge in [0.15, 0.2) is 11.5 Å². The number of carbonyl (C=O) groups is 2. The SMILES string of the molecule is CCOc1ccc(C(=O)c2oc3ccccc3c2NCC(=O)c2ccc([N+](=O)[O-])cc2)cc1. The summed E-state index contributed by atoms with van der Waals surface area (Å²) >= 11 is 0. The van der Waals surface area contributed by atoms with Gasteiger partial charge in [-0.25, -0.2) is 0 Å². The standard InChI is InChI=1S/C25H20N2O6/c1-2-32-19-13-9-17(10-14-19)24(29)25-23(20-5-3-4-6-22(20)33-25)26-15-21(28)16-7-11-18(12-8-16)27(30)31/h3-14,26H,2,15H2,1H3. The Bertz CT molecular complexity index is 1320. The van der Waals surface area contributed by atoms with E-state index in [-0.39, 0.29) is 29.6 Å². The number of hydrogen-bond donors (Lipinski definition) is 1. The summed E-state index contributed by atoms with van der Waals surface area (Å²) in [4.78, 5) is 36.1. The van der Waals surface area contributed by atoms with Crippen LogP contribution in [0.5, 0.6) is 5.75 Å². The summed E-state index contributed by atoms with van der Waals surface area (Å²) in [6.07, 6.45) is 0. The van der Waals surface area contributed by atoms with E-state index < -0.39 is 4.92 Å². The van der Waals surface area contributed by atoms with Crippen molar-refractivity contribution in [3.8, 4) is 5.75 Å². The number of ketones is 2. The molecule has 3 aromatic carbocycles. The summed E-state index contributed by atoms with van der Waals surface area (Å²) in [6.45, 7) is 2.28. The highest BCUT2D eigenvalue weighted by Gasteiger charge is 2.22. The first kappa shape index (κ1) is 21.8. The fourth-order valence-corrected chi connectivity index (χ4v) is 3.42. The van der Waals surface area contributed by atoms with Crippen molar-refractivity contribution in [1.82, 2.24) is 0 Å². The molecule has 8 nitrogen and oxygen atoms in total. The predicted molar refractivity (Wildman–Crippen MR) is 123 cm³/mol. The summed E-state index contributed by atoms with van der Waals surface area (Å²) in [7, 11) is 0. The molecule has 1 aromatic heterocycles. The number of nitro benzene ring substituents is 1. The first-order valence-electron chi connectivity index (χ1n) is 10.3. The van der Waals surface area contributed by atoms with E-state index in [1.165, 1.54) is 24.3 Å². The van der Waals surface area contributed by atoms with Crippen LogP contribution in [-0.2, 0) is 0 Å². The minimum absolute atomic E-state index is 0.0939. The summed E-state index contributed by atoms with van der Waals surface area (Å²) in [5, 5.41) is 14.5. The maximum absolute atomic E-state index is 13.2. The lowest BCUT2D eigenvalue weighted by Gasteiger charge is -2.08. The molecule has 0 aliphatic rings. The number of para-hydroxylation sites is 1. The van der Waals surface area contributed by atoms with E-state index in [4.69, 9.17) is 9.15 Å². The van der Waals surface area contributed by atoms with Crippen molar-refractivity contribution < 1.29 is 23.7 Å². The number of carbonyl (C=O) groups excluding carboxylic acids is 2. The van der Waals surface area contributed by atoms with Crippen LogP contribution in [0, 0.1) is 10.1 Å². The maximum atomic E-state index is 13.2. The lowest BCUT2D eigenvalue weighted by molar-refractivity contribution is -0.384. The quantitative estimate of drug-likeness (QED) is 0.213. The highest BCUT2D eigenvalue weighted by molar-refractivity contribution is 6.15. The molecule has 4 rings (SSSR count). The molecule has 0 unspecified atom stereocenters. The number of non-ortho nitro benzene ring substituents is 1. The van der Waals surface area contributed by atoms with Crippen LogP contribution < -0.4 is 10.1 Å². The van der Waals surface area contributed by atoms with Crippen molar-refractivity contribution >= 4 is 33.9 Å². The van der Waals surface area contributed by atoms with Crippen LogP contribution >= 0.6 is 0 Å². The van der Waals surface area contributed by atoms with Gasteiger partial charge in [0, 0.05) is 28.6 Å². The third-order valence-electron chi connectivity index (χ3n) is 5.06. The van der Waals surface area contributed by atoms with Gasteiger partial charge in [-0.1, -0.05) is 12.1 Å². The van der Waals surface area contributed by atoms with Gasteiger partial charge in [-0.3, -0.25) is 19.7 Å². The summed E-state index contributed by atoms with van der Waals surface area (Å²) < 4.78 is 11.3. The smallest absolute Gasteiger partial charge is 0.269 e. The first-order valence-corrected chi connectivity index (χ1v) is 10.3. The van der Waals surface area contributed by atoms with Crippen molar-refractivity contribution in [2.45, 2.75) is 6.92 Å². The highest BCUT2D eigenvalue weighted by Crippen LogP contribution is 2.32. The van der Waals surface area contributed by atoms with E-state index in [2.05, 4.69) is 5.32 Å². The fourth-order valence-electron chi connectivity index (χ4n) is 3.42. The molecular formula is C25H20N2O6. The predicted octanol–water partition coefficient (Wildman–Crippen LogP) is 5.27. The Labute approximate surface area is 188 Å². The molecule has 166 valence electrons. The molecule has 0 fully saturated rings. The first-order chi connectivity index (χ1) is 16.0. The van der Waals surface area contributed by atoms with Crippen LogP contribution in [-0.4, -0.2) is 29.6 Å². The highest BCUT2D eigenvalue weighted by atomic mass is 16.6. The Kier molecular flexibility index (Phi) is 6.17. The third-order valence-corrected chi connectivity index (χ3v) is 5.06. The number of ether oxygens (including phenoxy) is 1. The second-order valence-corrected chi connectivity index (χ2v) is 7.17. The maximum Gasteiger partial charge on any atom is 0.269 e. The second kappa shape index (κ2) is 9.35. The number of fused-ring (bicyclic) bond motifs is 1. The topological polar surface area (TPSA) is 112 Å². The Hall–Kier alpha value is -4.46. The Balaban J connectivity index is 1.60. The fraction of sp³-hybridized carbons (Fsp3) is 0.120. The third kappa shape index (κ3) is 4.59. The van der Waals surface area contributed by atoms with Crippen LogP contribution in [0.15, 0.2) is 77.2 Å². The zero-order chi connectivity index (χ0) is 23.4. The lowest BCUT2D eigenvalue weighted by Crippen LogP contribution is -2.15. The minimum Gasteiger partial charge on any atom is -0.494 e. The number of Topliss-reactive ketones (excluding diaryl/α,β-unsaturated/α-hetero) is 1. The lowest BCUT2D eigenvalue weighted by atomic mass is 10.1. The van der Waals surface area contributed by atoms with E-state index in [9.17, 15) is 19.7 Å². The molecule has 0 aliphatic carbocycles. The summed E-state index contributed by atoms with van der Waals surface area (Å²) in [5.41, 5.74) is 1.57. The molecule has 0 atom stereocenters. The van der Waals surface area contributed by atoms with E-state index in [0.717, 1.165) is 0 Å². The number of anilines is 1. The van der Waals surface area contributed by atoms with Crippen LogP contribution in [0.1, 0.15) is 33.4 Å². The van der Waals surface area contributed by atoms with E-state index >= 15 is 0 Å². The second-order valence-electron chi connectivity index (χ2n) is 7.17. The van der Waals surface area contributed by atoms with Gasteiger partial charge in [0.2, 0.25) is 5.78 Å². The molecule has 0 saturated heterocycles. The Morgan fingerprint density at radius 3 is 2.30 bits per heavy atom. The Morgan fingerprint density at radius 2 is 1.64 bits per heavy atom. The van der Waals surface area contributed by atoms with Crippen LogP contribution in [0.2, 0.25) is 0 Å². The molecule has 8 heteroatoms. The average molecular weight is 444 g/mol. The molecular weight excluding hydrogens is 424 g/mol. The number of nitro groups is 1. The van der Waals surface area contributed by atoms with Crippen molar-refractivity contribution in [1.29, 1.82) is 0 Å². The number of furan rings is 1. The molecule has 4 aromatic rings. The van der Waals surface area contributed by atoms with Gasteiger partial charge < -0.3 is 14.5 Å². The molecule has 1 heterocycles. The van der Waals surface area contributed by atoms with Crippen molar-refractivity contribution in [3.05, 3.63) is 99.8 Å². The molecule has 0 aliphatic heterocycles. The summed E-state index contributed by atoms with van der Waals surface area (Å²) in [6, 6.07) is 19.3. The van der Waals surface area contributed by atoms with Gasteiger partial charge in [-0.2, -0.15) is 0 Å². The number of benzene rings is 3. The zero-order valence-electron chi connectivity index (χ0n) is 17.7. The summed E-state index contributed by atoms with van der Waals surface area (Å²) in [5.74, 6) is 0.136. The van der Waals surface area contributed by atoms with Gasteiger partial charge in [-0.05, 0) is 55.5 Å². The van der Waals surface area contributed by atoms with Gasteiger partial charge in [0.05, 0.1) is 23.8 Å². The van der Waals surface area contributed by atoms with Gasteiger partial charge in [-0.15, -0.1) is 0 Å². The number of rotatable bonds is 9. The molecule has 0 spiro atoms. The molecule has 0 radical (unpaired) electrons. The van der Waals surface area contributed by atoms with E-state index in [0.29, 0.717) is 40.1 Å². The molecule has 0 amide bonds. The molecule has 1 N–H and O–H groups in total.